The molecule has 1 heterocycles. The van der Waals surface area contributed by atoms with Gasteiger partial charge in [0, 0.05) is 6.54 Å². The Labute approximate surface area is 154 Å². The first-order chi connectivity index (χ1) is 12.6. The van der Waals surface area contributed by atoms with Gasteiger partial charge in [0.1, 0.15) is 18.5 Å². The zero-order valence-electron chi connectivity index (χ0n) is 15.5. The number of benzene rings is 2. The van der Waals surface area contributed by atoms with Crippen LogP contribution in [0.1, 0.15) is 25.3 Å². The van der Waals surface area contributed by atoms with Crippen LogP contribution < -0.4 is 10.4 Å². The van der Waals surface area contributed by atoms with Gasteiger partial charge in [-0.05, 0) is 43.2 Å². The highest BCUT2D eigenvalue weighted by Crippen LogP contribution is 2.15. The first kappa shape index (κ1) is 18.3. The number of aryl methyl sites for hydroxylation is 2. The number of rotatable bonds is 8. The van der Waals surface area contributed by atoms with Gasteiger partial charge in [-0.1, -0.05) is 37.6 Å². The van der Waals surface area contributed by atoms with Crippen molar-refractivity contribution in [3.63, 3.8) is 0 Å². The van der Waals surface area contributed by atoms with Gasteiger partial charge in [-0.3, -0.25) is 5.41 Å². The maximum absolute atomic E-state index is 10.5. The Morgan fingerprint density at radius 3 is 2.50 bits per heavy atom. The van der Waals surface area contributed by atoms with Crippen LogP contribution in [0, 0.1) is 12.3 Å². The van der Waals surface area contributed by atoms with Gasteiger partial charge in [-0.15, -0.1) is 0 Å². The molecule has 2 N–H and O–H groups in total. The summed E-state index contributed by atoms with van der Waals surface area (Å²) in [4.78, 5) is 0. The molecular formula is C21H27N3O2. The third kappa shape index (κ3) is 3.99. The second kappa shape index (κ2) is 8.23. The van der Waals surface area contributed by atoms with Crippen LogP contribution in [0.2, 0.25) is 0 Å². The first-order valence-corrected chi connectivity index (χ1v) is 9.20. The third-order valence-corrected chi connectivity index (χ3v) is 4.54. The highest BCUT2D eigenvalue weighted by atomic mass is 16.5. The molecule has 0 saturated heterocycles. The molecule has 3 rings (SSSR count). The number of hydrogen-bond donors (Lipinski definition) is 2. The van der Waals surface area contributed by atoms with E-state index in [-0.39, 0.29) is 6.61 Å². The molecular weight excluding hydrogens is 326 g/mol. The summed E-state index contributed by atoms with van der Waals surface area (Å²) in [6.45, 7) is 5.51. The molecule has 0 aliphatic rings. The van der Waals surface area contributed by atoms with Crippen molar-refractivity contribution in [3.05, 3.63) is 59.7 Å². The van der Waals surface area contributed by atoms with Gasteiger partial charge in [0.25, 0.3) is 0 Å². The Kier molecular flexibility index (Phi) is 5.78. The van der Waals surface area contributed by atoms with Gasteiger partial charge in [0.15, 0.2) is 0 Å². The van der Waals surface area contributed by atoms with E-state index in [4.69, 9.17) is 10.1 Å². The lowest BCUT2D eigenvalue weighted by Crippen LogP contribution is -2.31. The molecule has 0 unspecified atom stereocenters. The molecule has 0 spiro atoms. The van der Waals surface area contributed by atoms with E-state index in [0.29, 0.717) is 12.2 Å². The summed E-state index contributed by atoms with van der Waals surface area (Å²) in [5.74, 6) is 0.755. The summed E-state index contributed by atoms with van der Waals surface area (Å²) in [6.07, 6.45) is 1.43. The average molecular weight is 353 g/mol. The zero-order chi connectivity index (χ0) is 18.5. The van der Waals surface area contributed by atoms with Crippen LogP contribution in [-0.4, -0.2) is 27.0 Å². The van der Waals surface area contributed by atoms with E-state index in [1.54, 1.807) is 0 Å². The highest BCUT2D eigenvalue weighted by Gasteiger charge is 2.14. The molecule has 0 saturated carbocycles. The van der Waals surface area contributed by atoms with Crippen LogP contribution in [0.25, 0.3) is 11.0 Å². The third-order valence-electron chi connectivity index (χ3n) is 4.54. The molecule has 5 nitrogen and oxygen atoms in total. The van der Waals surface area contributed by atoms with Crippen molar-refractivity contribution in [2.75, 3.05) is 6.61 Å². The van der Waals surface area contributed by atoms with Crippen molar-refractivity contribution in [2.45, 2.75) is 45.9 Å². The molecule has 0 aliphatic heterocycles. The number of unbranched alkanes of at least 4 members (excludes halogenated alkanes) is 1. The Balaban J connectivity index is 1.77. The summed E-state index contributed by atoms with van der Waals surface area (Å²) < 4.78 is 9.60. The van der Waals surface area contributed by atoms with Crippen LogP contribution in [-0.2, 0) is 13.1 Å². The fourth-order valence-electron chi connectivity index (χ4n) is 3.18. The molecule has 0 radical (unpaired) electrons. The van der Waals surface area contributed by atoms with Gasteiger partial charge in [0.05, 0.1) is 17.6 Å². The van der Waals surface area contributed by atoms with Crippen LogP contribution in [0.15, 0.2) is 48.5 Å². The topological polar surface area (TPSA) is 63.2 Å². The predicted octanol–water partition coefficient (Wildman–Crippen LogP) is 3.47. The minimum absolute atomic E-state index is 0.199. The summed E-state index contributed by atoms with van der Waals surface area (Å²) in [7, 11) is 0. The molecule has 5 heteroatoms. The van der Waals surface area contributed by atoms with E-state index in [0.717, 1.165) is 41.7 Å². The number of hydrogen-bond acceptors (Lipinski definition) is 3. The fourth-order valence-corrected chi connectivity index (χ4v) is 3.18. The number of imidazole rings is 1. The smallest absolute Gasteiger partial charge is 0.203 e. The van der Waals surface area contributed by atoms with Crippen LogP contribution in [0.3, 0.4) is 0 Å². The molecule has 1 aromatic heterocycles. The van der Waals surface area contributed by atoms with E-state index in [2.05, 4.69) is 6.92 Å². The van der Waals surface area contributed by atoms with Gasteiger partial charge < -0.3 is 19.0 Å². The van der Waals surface area contributed by atoms with Gasteiger partial charge in [-0.25, -0.2) is 0 Å². The van der Waals surface area contributed by atoms with E-state index < -0.39 is 6.10 Å². The Morgan fingerprint density at radius 1 is 1.08 bits per heavy atom. The lowest BCUT2D eigenvalue weighted by molar-refractivity contribution is 0.0920. The lowest BCUT2D eigenvalue weighted by Gasteiger charge is -2.14. The first-order valence-electron chi connectivity index (χ1n) is 9.20. The number of nitrogens with one attached hydrogen (secondary N) is 1. The summed E-state index contributed by atoms with van der Waals surface area (Å²) in [5, 5.41) is 19.0. The molecule has 0 aliphatic carbocycles. The van der Waals surface area contributed by atoms with Crippen molar-refractivity contribution in [1.29, 1.82) is 5.41 Å². The quantitative estimate of drug-likeness (QED) is 0.651. The summed E-state index contributed by atoms with van der Waals surface area (Å²) >= 11 is 0. The number of aromatic nitrogens is 2. The number of fused-ring (bicyclic) bond motifs is 1. The van der Waals surface area contributed by atoms with E-state index in [9.17, 15) is 5.11 Å². The molecule has 26 heavy (non-hydrogen) atoms. The molecule has 138 valence electrons. The maximum Gasteiger partial charge on any atom is 0.203 e. The lowest BCUT2D eigenvalue weighted by atomic mass is 10.2. The van der Waals surface area contributed by atoms with Crippen LogP contribution >= 0.6 is 0 Å². The highest BCUT2D eigenvalue weighted by molar-refractivity contribution is 5.75. The molecule has 1 atom stereocenters. The minimum Gasteiger partial charge on any atom is -0.491 e. The molecule has 3 aromatic rings. The number of nitrogens with zero attached hydrogens (tertiary/aromatic N) is 2. The SMILES string of the molecule is CCCCn1c(=N)n(C[C@@H](O)COc2cccc(C)c2)c2ccccc21. The number of ether oxygens (including phenoxy) is 1. The second-order valence-corrected chi connectivity index (χ2v) is 6.71. The maximum atomic E-state index is 10.5. The van der Waals surface area contributed by atoms with Crippen molar-refractivity contribution >= 4 is 11.0 Å². The van der Waals surface area contributed by atoms with E-state index in [1.807, 2.05) is 64.6 Å². The van der Waals surface area contributed by atoms with Crippen LogP contribution in [0.5, 0.6) is 5.75 Å². The number of para-hydroxylation sites is 2. The number of aliphatic hydroxyl groups excluding tert-OH is 1. The largest absolute Gasteiger partial charge is 0.491 e. The second-order valence-electron chi connectivity index (χ2n) is 6.71. The minimum atomic E-state index is -0.685. The Morgan fingerprint density at radius 2 is 1.81 bits per heavy atom. The Hall–Kier alpha value is -2.53. The summed E-state index contributed by atoms with van der Waals surface area (Å²) in [5.41, 5.74) is 3.56. The fraction of sp³-hybridized carbons (Fsp3) is 0.381. The molecule has 0 amide bonds. The van der Waals surface area contributed by atoms with E-state index in [1.165, 1.54) is 0 Å². The molecule has 2 aromatic carbocycles. The van der Waals surface area contributed by atoms with Crippen LogP contribution in [0.4, 0.5) is 0 Å². The standard InChI is InChI=1S/C21H27N3O2/c1-3-4-12-23-19-10-5-6-11-20(19)24(21(23)22)14-17(25)15-26-18-9-7-8-16(2)13-18/h5-11,13,17,22,25H,3-4,12,14-15H2,1-2H3/t17-/m1/s1. The monoisotopic (exact) mass is 353 g/mol. The van der Waals surface area contributed by atoms with Crippen molar-refractivity contribution < 1.29 is 9.84 Å². The van der Waals surface area contributed by atoms with Gasteiger partial charge in [-0.2, -0.15) is 0 Å². The van der Waals surface area contributed by atoms with Crippen molar-refractivity contribution in [3.8, 4) is 5.75 Å². The Bertz CT molecular complexity index is 926. The molecule has 0 fully saturated rings. The van der Waals surface area contributed by atoms with Gasteiger partial charge in [0.2, 0.25) is 5.62 Å². The van der Waals surface area contributed by atoms with Crippen molar-refractivity contribution in [1.82, 2.24) is 9.13 Å². The van der Waals surface area contributed by atoms with Gasteiger partial charge >= 0.3 is 0 Å². The van der Waals surface area contributed by atoms with Crippen molar-refractivity contribution in [2.24, 2.45) is 0 Å². The van der Waals surface area contributed by atoms with E-state index >= 15 is 0 Å². The normalized spacial score (nSPS) is 12.4. The summed E-state index contributed by atoms with van der Waals surface area (Å²) in [6, 6.07) is 15.8. The zero-order valence-corrected chi connectivity index (χ0v) is 15.5. The number of aliphatic hydroxyl groups is 1. The average Bonchev–Trinajstić information content (AvgIpc) is 2.90. The predicted molar refractivity (Wildman–Crippen MR) is 103 cm³/mol. The molecule has 0 bridgehead atoms.